The van der Waals surface area contributed by atoms with Gasteiger partial charge in [0.15, 0.2) is 0 Å². The molecule has 1 unspecified atom stereocenters. The Balaban J connectivity index is 2.65. The number of anilines is 1. The fourth-order valence-electron chi connectivity index (χ4n) is 1.87. The molecular formula is C12H17N5. The van der Waals surface area contributed by atoms with E-state index >= 15 is 0 Å². The van der Waals surface area contributed by atoms with Crippen molar-refractivity contribution < 1.29 is 0 Å². The summed E-state index contributed by atoms with van der Waals surface area (Å²) in [6, 6.07) is 0. The van der Waals surface area contributed by atoms with E-state index in [-0.39, 0.29) is 11.9 Å². The molecule has 0 bridgehead atoms. The second-order valence-electron chi connectivity index (χ2n) is 4.48. The second kappa shape index (κ2) is 3.85. The van der Waals surface area contributed by atoms with E-state index in [4.69, 9.17) is 11.5 Å². The third-order valence-corrected chi connectivity index (χ3v) is 3.02. The monoisotopic (exact) mass is 231 g/mol. The summed E-state index contributed by atoms with van der Waals surface area (Å²) in [5.74, 6) is 0.385. The molecule has 2 rings (SSSR count). The van der Waals surface area contributed by atoms with E-state index in [2.05, 4.69) is 21.9 Å². The molecule has 1 aromatic rings. The van der Waals surface area contributed by atoms with Crippen molar-refractivity contribution in [3.05, 3.63) is 35.8 Å². The van der Waals surface area contributed by atoms with Crippen LogP contribution in [0.5, 0.6) is 0 Å². The zero-order valence-corrected chi connectivity index (χ0v) is 10.1. The van der Waals surface area contributed by atoms with E-state index in [1.54, 1.807) is 12.3 Å². The van der Waals surface area contributed by atoms with Gasteiger partial charge >= 0.3 is 0 Å². The molecule has 0 aliphatic carbocycles. The maximum atomic E-state index is 6.40. The molecule has 5 nitrogen and oxygen atoms in total. The van der Waals surface area contributed by atoms with Gasteiger partial charge < -0.3 is 16.8 Å². The van der Waals surface area contributed by atoms with Gasteiger partial charge in [-0.3, -0.25) is 0 Å². The SMILES string of the molecule is C=CC1=Cc2cnc(N)nc2C(N)(C(C)C)N1. The van der Waals surface area contributed by atoms with Gasteiger partial charge in [0.25, 0.3) is 0 Å². The Kier molecular flexibility index (Phi) is 2.63. The molecule has 0 saturated carbocycles. The van der Waals surface area contributed by atoms with E-state index in [9.17, 15) is 0 Å². The summed E-state index contributed by atoms with van der Waals surface area (Å²) in [5.41, 5.74) is 13.8. The van der Waals surface area contributed by atoms with Gasteiger partial charge in [-0.25, -0.2) is 9.97 Å². The van der Waals surface area contributed by atoms with E-state index in [0.717, 1.165) is 17.0 Å². The summed E-state index contributed by atoms with van der Waals surface area (Å²) >= 11 is 0. The smallest absolute Gasteiger partial charge is 0.220 e. The first-order chi connectivity index (χ1) is 7.97. The molecule has 0 aromatic carbocycles. The number of allylic oxidation sites excluding steroid dienone is 1. The maximum Gasteiger partial charge on any atom is 0.220 e. The van der Waals surface area contributed by atoms with Gasteiger partial charge in [0.1, 0.15) is 5.66 Å². The van der Waals surface area contributed by atoms with Gasteiger partial charge in [0.2, 0.25) is 5.95 Å². The summed E-state index contributed by atoms with van der Waals surface area (Å²) in [5, 5.41) is 3.24. The number of nitrogens with one attached hydrogen (secondary N) is 1. The number of fused-ring (bicyclic) bond motifs is 1. The first-order valence-electron chi connectivity index (χ1n) is 5.51. The third kappa shape index (κ3) is 1.78. The van der Waals surface area contributed by atoms with E-state index in [1.807, 2.05) is 19.9 Å². The van der Waals surface area contributed by atoms with Crippen LogP contribution in [0, 0.1) is 5.92 Å². The van der Waals surface area contributed by atoms with Crippen molar-refractivity contribution in [2.45, 2.75) is 19.5 Å². The molecule has 5 N–H and O–H groups in total. The number of hydrogen-bond donors (Lipinski definition) is 3. The highest BCUT2D eigenvalue weighted by Crippen LogP contribution is 2.31. The van der Waals surface area contributed by atoms with Crippen molar-refractivity contribution in [1.82, 2.24) is 15.3 Å². The van der Waals surface area contributed by atoms with Gasteiger partial charge in [-0.1, -0.05) is 20.4 Å². The Bertz CT molecular complexity index is 492. The molecule has 1 atom stereocenters. The molecule has 1 aliphatic heterocycles. The predicted molar refractivity (Wildman–Crippen MR) is 68.5 cm³/mol. The standard InChI is InChI=1S/C12H17N5/c1-4-9-5-8-6-15-11(13)16-10(8)12(14,17-9)7(2)3/h4-7,17H,1,14H2,2-3H3,(H2,13,15,16). The lowest BCUT2D eigenvalue weighted by molar-refractivity contribution is 0.262. The van der Waals surface area contributed by atoms with Crippen molar-refractivity contribution in [3.8, 4) is 0 Å². The average Bonchev–Trinajstić information content (AvgIpc) is 2.29. The molecule has 2 heterocycles. The molecule has 90 valence electrons. The summed E-state index contributed by atoms with van der Waals surface area (Å²) in [4.78, 5) is 8.25. The molecule has 0 radical (unpaired) electrons. The van der Waals surface area contributed by atoms with Crippen LogP contribution in [0.1, 0.15) is 25.1 Å². The molecule has 0 fully saturated rings. The quantitative estimate of drug-likeness (QED) is 0.705. The Morgan fingerprint density at radius 1 is 1.53 bits per heavy atom. The third-order valence-electron chi connectivity index (χ3n) is 3.02. The molecule has 0 saturated heterocycles. The summed E-state index contributed by atoms with van der Waals surface area (Å²) in [6.07, 6.45) is 5.32. The fourth-order valence-corrected chi connectivity index (χ4v) is 1.87. The van der Waals surface area contributed by atoms with Gasteiger partial charge in [0.05, 0.1) is 5.69 Å². The highest BCUT2D eigenvalue weighted by Gasteiger charge is 2.37. The number of rotatable bonds is 2. The number of hydrogen-bond acceptors (Lipinski definition) is 5. The minimum atomic E-state index is -0.745. The molecular weight excluding hydrogens is 214 g/mol. The first kappa shape index (κ1) is 11.6. The lowest BCUT2D eigenvalue weighted by Crippen LogP contribution is -2.56. The minimum Gasteiger partial charge on any atom is -0.368 e. The predicted octanol–water partition coefficient (Wildman–Crippen LogP) is 0.956. The lowest BCUT2D eigenvalue weighted by atomic mass is 9.87. The molecule has 0 amide bonds. The molecule has 1 aliphatic rings. The van der Waals surface area contributed by atoms with Crippen LogP contribution in [-0.2, 0) is 5.66 Å². The normalized spacial score (nSPS) is 22.7. The largest absolute Gasteiger partial charge is 0.368 e. The molecule has 17 heavy (non-hydrogen) atoms. The van der Waals surface area contributed by atoms with Gasteiger partial charge in [-0.2, -0.15) is 0 Å². The van der Waals surface area contributed by atoms with Crippen LogP contribution < -0.4 is 16.8 Å². The highest BCUT2D eigenvalue weighted by atomic mass is 15.2. The van der Waals surface area contributed by atoms with Crippen LogP contribution in [0.25, 0.3) is 6.08 Å². The fraction of sp³-hybridized carbons (Fsp3) is 0.333. The van der Waals surface area contributed by atoms with Crippen LogP contribution in [0.15, 0.2) is 24.5 Å². The Hall–Kier alpha value is -1.88. The lowest BCUT2D eigenvalue weighted by Gasteiger charge is -2.38. The zero-order valence-electron chi connectivity index (χ0n) is 10.1. The average molecular weight is 231 g/mol. The number of aromatic nitrogens is 2. The minimum absolute atomic E-state index is 0.152. The molecule has 1 aromatic heterocycles. The number of nitrogen functional groups attached to an aromatic ring is 1. The van der Waals surface area contributed by atoms with Crippen molar-refractivity contribution in [2.24, 2.45) is 11.7 Å². The second-order valence-corrected chi connectivity index (χ2v) is 4.48. The van der Waals surface area contributed by atoms with E-state index in [1.165, 1.54) is 0 Å². The van der Waals surface area contributed by atoms with Crippen LogP contribution >= 0.6 is 0 Å². The zero-order chi connectivity index (χ0) is 12.6. The van der Waals surface area contributed by atoms with Gasteiger partial charge in [-0.05, 0) is 18.1 Å². The van der Waals surface area contributed by atoms with E-state index in [0.29, 0.717) is 0 Å². The number of nitrogens with two attached hydrogens (primary N) is 2. The van der Waals surface area contributed by atoms with Gasteiger partial charge in [0, 0.05) is 17.5 Å². The van der Waals surface area contributed by atoms with Crippen LogP contribution in [0.2, 0.25) is 0 Å². The van der Waals surface area contributed by atoms with Crippen LogP contribution in [0.3, 0.4) is 0 Å². The van der Waals surface area contributed by atoms with Crippen molar-refractivity contribution in [3.63, 3.8) is 0 Å². The highest BCUT2D eigenvalue weighted by molar-refractivity contribution is 5.61. The Morgan fingerprint density at radius 2 is 2.24 bits per heavy atom. The van der Waals surface area contributed by atoms with Crippen molar-refractivity contribution >= 4 is 12.0 Å². The summed E-state index contributed by atoms with van der Waals surface area (Å²) in [6.45, 7) is 7.81. The van der Waals surface area contributed by atoms with Crippen LogP contribution in [-0.4, -0.2) is 9.97 Å². The van der Waals surface area contributed by atoms with E-state index < -0.39 is 5.66 Å². The summed E-state index contributed by atoms with van der Waals surface area (Å²) < 4.78 is 0. The topological polar surface area (TPSA) is 89.8 Å². The molecule has 0 spiro atoms. The van der Waals surface area contributed by atoms with Crippen LogP contribution in [0.4, 0.5) is 5.95 Å². The van der Waals surface area contributed by atoms with Crippen molar-refractivity contribution in [2.75, 3.05) is 5.73 Å². The van der Waals surface area contributed by atoms with Gasteiger partial charge in [-0.15, -0.1) is 0 Å². The Morgan fingerprint density at radius 3 is 2.82 bits per heavy atom. The summed E-state index contributed by atoms with van der Waals surface area (Å²) in [7, 11) is 0. The Labute approximate surface area is 101 Å². The van der Waals surface area contributed by atoms with Crippen molar-refractivity contribution in [1.29, 1.82) is 0 Å². The molecule has 5 heteroatoms. The maximum absolute atomic E-state index is 6.40. The first-order valence-corrected chi connectivity index (χ1v) is 5.51. The number of nitrogens with zero attached hydrogens (tertiary/aromatic N) is 2.